The van der Waals surface area contributed by atoms with Gasteiger partial charge in [0, 0.05) is 25.7 Å². The molecular weight excluding hydrogens is 1330 g/mol. The summed E-state index contributed by atoms with van der Waals surface area (Å²) in [5.74, 6) is 0.246. The maximum Gasteiger partial charge on any atom is 0.472 e. The summed E-state index contributed by atoms with van der Waals surface area (Å²) < 4.78 is 68.8. The van der Waals surface area contributed by atoms with E-state index in [1.54, 1.807) is 0 Å². The van der Waals surface area contributed by atoms with Gasteiger partial charge in [0.1, 0.15) is 19.3 Å². The van der Waals surface area contributed by atoms with Crippen molar-refractivity contribution in [1.29, 1.82) is 0 Å². The van der Waals surface area contributed by atoms with Gasteiger partial charge in [-0.05, 0) is 43.4 Å². The van der Waals surface area contributed by atoms with Gasteiger partial charge in [0.15, 0.2) is 12.2 Å². The molecule has 0 spiro atoms. The smallest absolute Gasteiger partial charge is 0.462 e. The highest BCUT2D eigenvalue weighted by atomic mass is 31.2. The summed E-state index contributed by atoms with van der Waals surface area (Å²) in [6.07, 6.45) is 62.4. The van der Waals surface area contributed by atoms with Gasteiger partial charge in [-0.1, -0.05) is 382 Å². The number of ether oxygens (including phenoxy) is 4. The van der Waals surface area contributed by atoms with E-state index in [4.69, 9.17) is 37.0 Å². The van der Waals surface area contributed by atoms with Crippen LogP contribution in [0.1, 0.15) is 434 Å². The van der Waals surface area contributed by atoms with Gasteiger partial charge < -0.3 is 33.8 Å². The Bertz CT molecular complexity index is 1980. The Labute approximate surface area is 626 Å². The molecule has 606 valence electrons. The highest BCUT2D eigenvalue weighted by Crippen LogP contribution is 2.45. The SMILES string of the molecule is CCCCCCCCCCCCCCCCCCCCCC(=O)OC[C@H](COP(=O)(O)OC[C@@H](O)COP(=O)(O)OC[C@@H](COC(=O)CCCCCCCCCCC(C)CC)OC(=O)CCCCCCCCCCC(C)CC)OC(=O)CCCCCCCCCCCCCCCCCCC(C)C. The number of unbranched alkanes of at least 4 members (excludes halogenated alkanes) is 47. The van der Waals surface area contributed by atoms with Gasteiger partial charge in [-0.25, -0.2) is 9.13 Å². The van der Waals surface area contributed by atoms with Crippen molar-refractivity contribution >= 4 is 39.5 Å². The van der Waals surface area contributed by atoms with Crippen molar-refractivity contribution in [2.24, 2.45) is 17.8 Å². The molecule has 0 aromatic carbocycles. The van der Waals surface area contributed by atoms with Crippen LogP contribution in [-0.2, 0) is 65.4 Å². The molecule has 0 fully saturated rings. The van der Waals surface area contributed by atoms with E-state index in [-0.39, 0.29) is 25.7 Å². The summed E-state index contributed by atoms with van der Waals surface area (Å²) in [5, 5.41) is 10.7. The standard InChI is InChI=1S/C83H162O17P2/c1-8-11-12-13-14-15-16-17-18-19-20-21-25-28-31-34-43-50-57-64-80(85)93-70-78(99-82(87)66-59-52-45-35-32-29-26-23-22-24-27-30-33-40-47-54-61-74(4)5)72-97-101(89,90)95-68-77(84)69-96-102(91,92)98-73-79(100-83(88)67-60-53-46-39-37-42-49-56-63-76(7)10-3)71-94-81(86)65-58-51-44-38-36-41-48-55-62-75(6)9-2/h74-79,84H,8-73H2,1-7H3,(H,89,90)(H,91,92)/t75?,76?,77-,78-,79-/m1/s1. The monoisotopic (exact) mass is 1490 g/mol. The zero-order valence-corrected chi connectivity index (χ0v) is 68.9. The third kappa shape index (κ3) is 73.6. The number of carbonyl (C=O) groups excluding carboxylic acids is 4. The van der Waals surface area contributed by atoms with Crippen LogP contribution in [0.3, 0.4) is 0 Å². The van der Waals surface area contributed by atoms with Crippen LogP contribution in [0.25, 0.3) is 0 Å². The average molecular weight is 1490 g/mol. The lowest BCUT2D eigenvalue weighted by Gasteiger charge is -2.21. The van der Waals surface area contributed by atoms with Crippen LogP contribution in [0.2, 0.25) is 0 Å². The van der Waals surface area contributed by atoms with E-state index >= 15 is 0 Å². The number of hydrogen-bond donors (Lipinski definition) is 3. The summed E-state index contributed by atoms with van der Waals surface area (Å²) in [4.78, 5) is 73.1. The summed E-state index contributed by atoms with van der Waals surface area (Å²) in [7, 11) is -9.92. The first-order valence-corrected chi connectivity index (χ1v) is 45.9. The first-order valence-electron chi connectivity index (χ1n) is 42.9. The third-order valence-corrected chi connectivity index (χ3v) is 22.0. The van der Waals surface area contributed by atoms with Gasteiger partial charge in [0.25, 0.3) is 0 Å². The first-order chi connectivity index (χ1) is 49.3. The van der Waals surface area contributed by atoms with E-state index in [0.717, 1.165) is 108 Å². The Morgan fingerprint density at radius 2 is 0.500 bits per heavy atom. The van der Waals surface area contributed by atoms with Crippen LogP contribution in [0.4, 0.5) is 0 Å². The molecular formula is C83H162O17P2. The largest absolute Gasteiger partial charge is 0.472 e. The van der Waals surface area contributed by atoms with E-state index in [2.05, 4.69) is 48.5 Å². The summed E-state index contributed by atoms with van der Waals surface area (Å²) in [6.45, 7) is 12.0. The molecule has 0 bridgehead atoms. The van der Waals surface area contributed by atoms with Crippen LogP contribution in [0.5, 0.6) is 0 Å². The quantitative estimate of drug-likeness (QED) is 0.0222. The van der Waals surface area contributed by atoms with Crippen molar-refractivity contribution in [2.75, 3.05) is 39.6 Å². The molecule has 0 saturated heterocycles. The molecule has 4 unspecified atom stereocenters. The normalized spacial score (nSPS) is 14.5. The highest BCUT2D eigenvalue weighted by molar-refractivity contribution is 7.47. The average Bonchev–Trinajstić information content (AvgIpc) is 0.912. The fraction of sp³-hybridized carbons (Fsp3) is 0.952. The van der Waals surface area contributed by atoms with E-state index in [9.17, 15) is 43.2 Å². The lowest BCUT2D eigenvalue weighted by molar-refractivity contribution is -0.161. The van der Waals surface area contributed by atoms with Crippen molar-refractivity contribution in [3.05, 3.63) is 0 Å². The minimum Gasteiger partial charge on any atom is -0.462 e. The van der Waals surface area contributed by atoms with Crippen molar-refractivity contribution in [3.63, 3.8) is 0 Å². The van der Waals surface area contributed by atoms with Crippen LogP contribution < -0.4 is 0 Å². The molecule has 0 radical (unpaired) electrons. The van der Waals surface area contributed by atoms with Crippen molar-refractivity contribution in [3.8, 4) is 0 Å². The molecule has 0 aliphatic rings. The van der Waals surface area contributed by atoms with Crippen molar-refractivity contribution in [2.45, 2.75) is 452 Å². The minimum absolute atomic E-state index is 0.105. The lowest BCUT2D eigenvalue weighted by Crippen LogP contribution is -2.30. The minimum atomic E-state index is -4.96. The Kier molecular flexibility index (Phi) is 71.8. The van der Waals surface area contributed by atoms with E-state index < -0.39 is 97.5 Å². The van der Waals surface area contributed by atoms with Gasteiger partial charge in [-0.3, -0.25) is 37.3 Å². The van der Waals surface area contributed by atoms with Crippen LogP contribution in [-0.4, -0.2) is 96.7 Å². The Balaban J connectivity index is 5.25. The Morgan fingerprint density at radius 3 is 0.745 bits per heavy atom. The van der Waals surface area contributed by atoms with Crippen molar-refractivity contribution in [1.82, 2.24) is 0 Å². The molecule has 0 amide bonds. The summed E-state index contributed by atoms with van der Waals surface area (Å²) in [5.41, 5.74) is 0. The lowest BCUT2D eigenvalue weighted by atomic mass is 9.99. The van der Waals surface area contributed by atoms with Gasteiger partial charge >= 0.3 is 39.5 Å². The zero-order chi connectivity index (χ0) is 75.1. The maximum absolute atomic E-state index is 13.1. The second-order valence-corrected chi connectivity index (χ2v) is 33.7. The van der Waals surface area contributed by atoms with E-state index in [0.29, 0.717) is 25.7 Å². The topological polar surface area (TPSA) is 237 Å². The molecule has 102 heavy (non-hydrogen) atoms. The van der Waals surface area contributed by atoms with E-state index in [1.807, 2.05) is 0 Å². The number of rotatable bonds is 81. The van der Waals surface area contributed by atoms with E-state index in [1.165, 1.54) is 244 Å². The molecule has 3 N–H and O–H groups in total. The van der Waals surface area contributed by atoms with Gasteiger partial charge in [-0.2, -0.15) is 0 Å². The molecule has 7 atom stereocenters. The number of esters is 4. The molecule has 19 heteroatoms. The van der Waals surface area contributed by atoms with Gasteiger partial charge in [0.05, 0.1) is 26.4 Å². The molecule has 0 saturated carbocycles. The molecule has 0 aromatic heterocycles. The van der Waals surface area contributed by atoms with Crippen LogP contribution in [0.15, 0.2) is 0 Å². The molecule has 0 aliphatic heterocycles. The fourth-order valence-electron chi connectivity index (χ4n) is 12.8. The van der Waals surface area contributed by atoms with Gasteiger partial charge in [0.2, 0.25) is 0 Å². The molecule has 0 aromatic rings. The number of phosphoric ester groups is 2. The molecule has 0 rings (SSSR count). The first kappa shape index (κ1) is 100. The third-order valence-electron chi connectivity index (χ3n) is 20.1. The number of aliphatic hydroxyl groups is 1. The second-order valence-electron chi connectivity index (χ2n) is 30.8. The molecule has 0 heterocycles. The van der Waals surface area contributed by atoms with Crippen LogP contribution in [0, 0.1) is 17.8 Å². The highest BCUT2D eigenvalue weighted by Gasteiger charge is 2.30. The summed E-state index contributed by atoms with van der Waals surface area (Å²) >= 11 is 0. The van der Waals surface area contributed by atoms with Crippen LogP contribution >= 0.6 is 15.6 Å². The second kappa shape index (κ2) is 73.2. The zero-order valence-electron chi connectivity index (χ0n) is 67.1. The number of aliphatic hydroxyl groups excluding tert-OH is 1. The van der Waals surface area contributed by atoms with Crippen molar-refractivity contribution < 1.29 is 80.2 Å². The Hall–Kier alpha value is -1.94. The molecule has 0 aliphatic carbocycles. The fourth-order valence-corrected chi connectivity index (χ4v) is 14.4. The van der Waals surface area contributed by atoms with Gasteiger partial charge in [-0.15, -0.1) is 0 Å². The number of phosphoric acid groups is 2. The summed E-state index contributed by atoms with van der Waals surface area (Å²) in [6, 6.07) is 0. The number of hydrogen-bond acceptors (Lipinski definition) is 15. The predicted molar refractivity (Wildman–Crippen MR) is 418 cm³/mol. The maximum atomic E-state index is 13.1. The predicted octanol–water partition coefficient (Wildman–Crippen LogP) is 24.9. The molecule has 17 nitrogen and oxygen atoms in total. The Morgan fingerprint density at radius 1 is 0.284 bits per heavy atom. The number of carbonyl (C=O) groups is 4.